The molecule has 1 amide bonds. The quantitative estimate of drug-likeness (QED) is 0.625. The number of amides is 1. The van der Waals surface area contributed by atoms with Crippen molar-refractivity contribution in [1.29, 1.82) is 0 Å². The third kappa shape index (κ3) is 4.56. The van der Waals surface area contributed by atoms with Crippen LogP contribution >= 0.6 is 0 Å². The molecule has 1 aliphatic rings. The fourth-order valence-corrected chi connectivity index (χ4v) is 1.95. The lowest BCUT2D eigenvalue weighted by Gasteiger charge is -2.25. The maximum atomic E-state index is 11.9. The van der Waals surface area contributed by atoms with E-state index in [0.29, 0.717) is 5.82 Å². The first-order chi connectivity index (χ1) is 8.02. The van der Waals surface area contributed by atoms with Crippen LogP contribution in [0, 0.1) is 5.92 Å². The SMILES string of the molecule is C/N=C(C)/C=C(\N)NC(=O)C1CCC(N)CC1. The molecule has 0 bridgehead atoms. The summed E-state index contributed by atoms with van der Waals surface area (Å²) in [7, 11) is 1.68. The Labute approximate surface area is 102 Å². The smallest absolute Gasteiger partial charge is 0.228 e. The van der Waals surface area contributed by atoms with Crippen LogP contribution in [-0.4, -0.2) is 24.7 Å². The average molecular weight is 238 g/mol. The first-order valence-electron chi connectivity index (χ1n) is 6.00. The highest BCUT2D eigenvalue weighted by molar-refractivity contribution is 5.94. The van der Waals surface area contributed by atoms with E-state index >= 15 is 0 Å². The maximum Gasteiger partial charge on any atom is 0.228 e. The molecule has 17 heavy (non-hydrogen) atoms. The molecule has 0 aromatic carbocycles. The number of nitrogens with two attached hydrogens (primary N) is 2. The minimum atomic E-state index is -0.00504. The van der Waals surface area contributed by atoms with Gasteiger partial charge in [-0.2, -0.15) is 0 Å². The van der Waals surface area contributed by atoms with Gasteiger partial charge in [0.15, 0.2) is 0 Å². The van der Waals surface area contributed by atoms with Gasteiger partial charge in [-0.1, -0.05) is 0 Å². The molecular weight excluding hydrogens is 216 g/mol. The Kier molecular flexibility index (Phi) is 5.15. The van der Waals surface area contributed by atoms with E-state index in [4.69, 9.17) is 11.5 Å². The summed E-state index contributed by atoms with van der Waals surface area (Å²) < 4.78 is 0. The summed E-state index contributed by atoms with van der Waals surface area (Å²) in [6.45, 7) is 1.83. The molecule has 96 valence electrons. The second-order valence-electron chi connectivity index (χ2n) is 4.57. The van der Waals surface area contributed by atoms with Crippen molar-refractivity contribution in [3.63, 3.8) is 0 Å². The minimum absolute atomic E-state index is 0.00504. The first kappa shape index (κ1) is 13.7. The van der Waals surface area contributed by atoms with Gasteiger partial charge in [-0.05, 0) is 38.7 Å². The Hall–Kier alpha value is -1.36. The molecule has 0 unspecified atom stereocenters. The number of hydrogen-bond acceptors (Lipinski definition) is 4. The van der Waals surface area contributed by atoms with Crippen LogP contribution in [0.2, 0.25) is 0 Å². The van der Waals surface area contributed by atoms with E-state index in [1.807, 2.05) is 6.92 Å². The molecule has 0 heterocycles. The summed E-state index contributed by atoms with van der Waals surface area (Å²) in [5.74, 6) is 0.392. The van der Waals surface area contributed by atoms with Crippen molar-refractivity contribution >= 4 is 11.6 Å². The zero-order chi connectivity index (χ0) is 12.8. The minimum Gasteiger partial charge on any atom is -0.385 e. The molecule has 0 aliphatic heterocycles. The van der Waals surface area contributed by atoms with Crippen molar-refractivity contribution in [1.82, 2.24) is 5.32 Å². The Bertz CT molecular complexity index is 327. The summed E-state index contributed by atoms with van der Waals surface area (Å²) in [5.41, 5.74) is 12.3. The third-order valence-electron chi connectivity index (χ3n) is 3.13. The van der Waals surface area contributed by atoms with Crippen LogP contribution < -0.4 is 16.8 Å². The van der Waals surface area contributed by atoms with Gasteiger partial charge in [-0.25, -0.2) is 0 Å². The predicted octanol–water partition coefficient (Wildman–Crippen LogP) is 0.511. The van der Waals surface area contributed by atoms with Crippen molar-refractivity contribution in [2.45, 2.75) is 38.6 Å². The zero-order valence-electron chi connectivity index (χ0n) is 10.6. The fourth-order valence-electron chi connectivity index (χ4n) is 1.95. The number of rotatable bonds is 3. The van der Waals surface area contributed by atoms with E-state index < -0.39 is 0 Å². The summed E-state index contributed by atoms with van der Waals surface area (Å²) >= 11 is 0. The highest BCUT2D eigenvalue weighted by Crippen LogP contribution is 2.23. The van der Waals surface area contributed by atoms with Crippen LogP contribution in [0.5, 0.6) is 0 Å². The first-order valence-corrected chi connectivity index (χ1v) is 6.00. The normalized spacial score (nSPS) is 26.8. The Balaban J connectivity index is 2.46. The number of nitrogens with zero attached hydrogens (tertiary/aromatic N) is 1. The van der Waals surface area contributed by atoms with Gasteiger partial charge < -0.3 is 16.8 Å². The van der Waals surface area contributed by atoms with Crippen molar-refractivity contribution in [2.75, 3.05) is 7.05 Å². The van der Waals surface area contributed by atoms with Gasteiger partial charge in [-0.3, -0.25) is 9.79 Å². The monoisotopic (exact) mass is 238 g/mol. The molecule has 5 nitrogen and oxygen atoms in total. The fraction of sp³-hybridized carbons (Fsp3) is 0.667. The average Bonchev–Trinajstić information content (AvgIpc) is 2.29. The summed E-state index contributed by atoms with van der Waals surface area (Å²) in [5, 5.41) is 2.71. The van der Waals surface area contributed by atoms with Gasteiger partial charge in [-0.15, -0.1) is 0 Å². The van der Waals surface area contributed by atoms with E-state index in [1.165, 1.54) is 0 Å². The number of nitrogens with one attached hydrogen (secondary N) is 1. The lowest BCUT2D eigenvalue weighted by atomic mass is 9.86. The summed E-state index contributed by atoms with van der Waals surface area (Å²) in [6, 6.07) is 0.251. The molecule has 1 fully saturated rings. The van der Waals surface area contributed by atoms with Crippen LogP contribution in [0.1, 0.15) is 32.6 Å². The second kappa shape index (κ2) is 6.39. The highest BCUT2D eigenvalue weighted by atomic mass is 16.2. The van der Waals surface area contributed by atoms with E-state index in [2.05, 4.69) is 10.3 Å². The molecule has 0 aromatic rings. The molecule has 1 saturated carbocycles. The van der Waals surface area contributed by atoms with Crippen molar-refractivity contribution in [3.8, 4) is 0 Å². The molecule has 0 spiro atoms. The van der Waals surface area contributed by atoms with Crippen LogP contribution in [0.15, 0.2) is 16.9 Å². The molecule has 1 rings (SSSR count). The van der Waals surface area contributed by atoms with Crippen LogP contribution in [0.4, 0.5) is 0 Å². The summed E-state index contributed by atoms with van der Waals surface area (Å²) in [6.07, 6.45) is 5.18. The molecule has 5 heteroatoms. The Morgan fingerprint density at radius 2 is 1.94 bits per heavy atom. The highest BCUT2D eigenvalue weighted by Gasteiger charge is 2.24. The molecule has 1 aliphatic carbocycles. The van der Waals surface area contributed by atoms with Gasteiger partial charge in [0.1, 0.15) is 5.82 Å². The molecule has 0 atom stereocenters. The number of hydrogen-bond donors (Lipinski definition) is 3. The number of carbonyl (C=O) groups is 1. The summed E-state index contributed by atoms with van der Waals surface area (Å²) in [4.78, 5) is 15.8. The predicted molar refractivity (Wildman–Crippen MR) is 69.4 cm³/mol. The Morgan fingerprint density at radius 3 is 2.47 bits per heavy atom. The van der Waals surface area contributed by atoms with Gasteiger partial charge in [0.25, 0.3) is 0 Å². The Morgan fingerprint density at radius 1 is 1.35 bits per heavy atom. The molecule has 0 radical (unpaired) electrons. The lowest BCUT2D eigenvalue weighted by molar-refractivity contribution is -0.125. The van der Waals surface area contributed by atoms with Gasteiger partial charge in [0.2, 0.25) is 5.91 Å². The second-order valence-corrected chi connectivity index (χ2v) is 4.57. The topological polar surface area (TPSA) is 93.5 Å². The van der Waals surface area contributed by atoms with Gasteiger partial charge in [0, 0.05) is 24.7 Å². The number of allylic oxidation sites excluding steroid dienone is 1. The molecular formula is C12H22N4O. The lowest BCUT2D eigenvalue weighted by Crippen LogP contribution is -2.37. The van der Waals surface area contributed by atoms with Gasteiger partial charge in [0.05, 0.1) is 0 Å². The van der Waals surface area contributed by atoms with E-state index in [-0.39, 0.29) is 17.9 Å². The molecule has 0 saturated heterocycles. The molecule has 0 aromatic heterocycles. The van der Waals surface area contributed by atoms with Crippen LogP contribution in [0.25, 0.3) is 0 Å². The standard InChI is InChI=1S/C12H22N4O/c1-8(15-2)7-11(14)16-12(17)9-3-5-10(13)6-4-9/h7,9-10H,3-6,13-14H2,1-2H3,(H,16,17)/b11-7+,15-8+. The number of aliphatic imine (C=N–C) groups is 1. The van der Waals surface area contributed by atoms with Crippen molar-refractivity contribution in [3.05, 3.63) is 11.9 Å². The third-order valence-corrected chi connectivity index (χ3v) is 3.13. The van der Waals surface area contributed by atoms with Crippen LogP contribution in [0.3, 0.4) is 0 Å². The number of carbonyl (C=O) groups excluding carboxylic acids is 1. The largest absolute Gasteiger partial charge is 0.385 e. The van der Waals surface area contributed by atoms with Crippen molar-refractivity contribution < 1.29 is 4.79 Å². The van der Waals surface area contributed by atoms with E-state index in [9.17, 15) is 4.79 Å². The van der Waals surface area contributed by atoms with Gasteiger partial charge >= 0.3 is 0 Å². The van der Waals surface area contributed by atoms with E-state index in [1.54, 1.807) is 13.1 Å². The zero-order valence-corrected chi connectivity index (χ0v) is 10.6. The maximum absolute atomic E-state index is 11.9. The van der Waals surface area contributed by atoms with Crippen LogP contribution in [-0.2, 0) is 4.79 Å². The van der Waals surface area contributed by atoms with E-state index in [0.717, 1.165) is 31.4 Å². The van der Waals surface area contributed by atoms with Crippen molar-refractivity contribution in [2.24, 2.45) is 22.4 Å². The molecule has 5 N–H and O–H groups in total.